The summed E-state index contributed by atoms with van der Waals surface area (Å²) >= 11 is 1.86. The lowest BCUT2D eigenvalue weighted by atomic mass is 10.5. The predicted octanol–water partition coefficient (Wildman–Crippen LogP) is 1.78. The lowest BCUT2D eigenvalue weighted by molar-refractivity contribution is 0.768. The molecule has 0 aliphatic rings. The highest BCUT2D eigenvalue weighted by atomic mass is 32.2. The van der Waals surface area contributed by atoms with Crippen LogP contribution in [0.15, 0.2) is 29.4 Å². The Morgan fingerprint density at radius 1 is 1.42 bits per heavy atom. The molecule has 0 spiro atoms. The Bertz CT molecular complexity index is 201. The number of nitrogens with one attached hydrogen (secondary N) is 1. The van der Waals surface area contributed by atoms with Gasteiger partial charge in [0.15, 0.2) is 0 Å². The standard InChI is InChI=1S/C9H14N2S/c1-2-10-7-8-12-9-3-5-11-6-4-9/h3-6,10H,2,7-8H2,1H3. The molecular formula is C9H14N2S. The second-order valence-electron chi connectivity index (χ2n) is 2.38. The summed E-state index contributed by atoms with van der Waals surface area (Å²) in [6, 6.07) is 4.08. The smallest absolute Gasteiger partial charge is 0.0278 e. The topological polar surface area (TPSA) is 24.9 Å². The number of aromatic nitrogens is 1. The molecule has 0 aromatic carbocycles. The van der Waals surface area contributed by atoms with Gasteiger partial charge in [0.25, 0.3) is 0 Å². The molecular weight excluding hydrogens is 168 g/mol. The molecule has 0 bridgehead atoms. The van der Waals surface area contributed by atoms with Crippen LogP contribution in [0.4, 0.5) is 0 Å². The fourth-order valence-electron chi connectivity index (χ4n) is 0.852. The Balaban J connectivity index is 2.16. The van der Waals surface area contributed by atoms with Crippen LogP contribution in [-0.2, 0) is 0 Å². The van der Waals surface area contributed by atoms with Gasteiger partial charge in [-0.2, -0.15) is 0 Å². The summed E-state index contributed by atoms with van der Waals surface area (Å²) < 4.78 is 0. The van der Waals surface area contributed by atoms with Crippen LogP contribution in [0, 0.1) is 0 Å². The SMILES string of the molecule is CCNCCSc1ccncc1. The van der Waals surface area contributed by atoms with Crippen molar-refractivity contribution in [2.45, 2.75) is 11.8 Å². The van der Waals surface area contributed by atoms with Gasteiger partial charge in [-0.1, -0.05) is 6.92 Å². The highest BCUT2D eigenvalue weighted by molar-refractivity contribution is 7.99. The third kappa shape index (κ3) is 3.74. The largest absolute Gasteiger partial charge is 0.316 e. The van der Waals surface area contributed by atoms with Gasteiger partial charge in [-0.15, -0.1) is 11.8 Å². The fraction of sp³-hybridized carbons (Fsp3) is 0.444. The quantitative estimate of drug-likeness (QED) is 0.555. The lowest BCUT2D eigenvalue weighted by Gasteiger charge is -2.00. The van der Waals surface area contributed by atoms with Crippen molar-refractivity contribution in [3.63, 3.8) is 0 Å². The summed E-state index contributed by atoms with van der Waals surface area (Å²) in [5.41, 5.74) is 0. The van der Waals surface area contributed by atoms with Gasteiger partial charge in [0, 0.05) is 29.6 Å². The Morgan fingerprint density at radius 3 is 2.83 bits per heavy atom. The van der Waals surface area contributed by atoms with E-state index in [2.05, 4.69) is 17.2 Å². The molecule has 0 saturated carbocycles. The second-order valence-corrected chi connectivity index (χ2v) is 3.55. The van der Waals surface area contributed by atoms with E-state index in [1.54, 1.807) is 0 Å². The van der Waals surface area contributed by atoms with Crippen LogP contribution >= 0.6 is 11.8 Å². The van der Waals surface area contributed by atoms with E-state index in [-0.39, 0.29) is 0 Å². The van der Waals surface area contributed by atoms with E-state index in [9.17, 15) is 0 Å². The van der Waals surface area contributed by atoms with Crippen molar-refractivity contribution in [3.8, 4) is 0 Å². The summed E-state index contributed by atoms with van der Waals surface area (Å²) in [5, 5.41) is 3.28. The van der Waals surface area contributed by atoms with Gasteiger partial charge in [0.1, 0.15) is 0 Å². The van der Waals surface area contributed by atoms with Crippen LogP contribution in [0.1, 0.15) is 6.92 Å². The zero-order chi connectivity index (χ0) is 8.65. The monoisotopic (exact) mass is 182 g/mol. The van der Waals surface area contributed by atoms with Crippen LogP contribution in [0.3, 0.4) is 0 Å². The number of pyridine rings is 1. The van der Waals surface area contributed by atoms with Crippen LogP contribution in [0.2, 0.25) is 0 Å². The molecule has 3 heteroatoms. The first-order valence-electron chi connectivity index (χ1n) is 4.17. The van der Waals surface area contributed by atoms with Crippen LogP contribution in [0.5, 0.6) is 0 Å². The molecule has 0 aliphatic heterocycles. The fourth-order valence-corrected chi connectivity index (χ4v) is 1.65. The molecule has 1 aromatic heterocycles. The summed E-state index contributed by atoms with van der Waals surface area (Å²) in [6.45, 7) is 4.25. The molecule has 0 unspecified atom stereocenters. The average molecular weight is 182 g/mol. The lowest BCUT2D eigenvalue weighted by Crippen LogP contribution is -2.15. The first kappa shape index (κ1) is 9.55. The van der Waals surface area contributed by atoms with E-state index in [1.165, 1.54) is 4.90 Å². The summed E-state index contributed by atoms with van der Waals surface area (Å²) in [6.07, 6.45) is 3.66. The molecule has 0 aliphatic carbocycles. The zero-order valence-electron chi connectivity index (χ0n) is 7.29. The van der Waals surface area contributed by atoms with Crippen molar-refractivity contribution in [1.82, 2.24) is 10.3 Å². The molecule has 0 atom stereocenters. The van der Waals surface area contributed by atoms with Gasteiger partial charge in [0.05, 0.1) is 0 Å². The van der Waals surface area contributed by atoms with Gasteiger partial charge < -0.3 is 5.32 Å². The van der Waals surface area contributed by atoms with Gasteiger partial charge in [0.2, 0.25) is 0 Å². The molecule has 0 fully saturated rings. The maximum atomic E-state index is 3.96. The van der Waals surface area contributed by atoms with Crippen LogP contribution in [-0.4, -0.2) is 23.8 Å². The number of nitrogens with zero attached hydrogens (tertiary/aromatic N) is 1. The molecule has 0 amide bonds. The molecule has 66 valence electrons. The van der Waals surface area contributed by atoms with E-state index >= 15 is 0 Å². The predicted molar refractivity (Wildman–Crippen MR) is 53.5 cm³/mol. The van der Waals surface area contributed by atoms with Gasteiger partial charge >= 0.3 is 0 Å². The normalized spacial score (nSPS) is 10.1. The highest BCUT2D eigenvalue weighted by Gasteiger charge is 1.90. The number of hydrogen-bond acceptors (Lipinski definition) is 3. The number of thioether (sulfide) groups is 1. The molecule has 1 rings (SSSR count). The van der Waals surface area contributed by atoms with Gasteiger partial charge in [-0.25, -0.2) is 0 Å². The minimum Gasteiger partial charge on any atom is -0.316 e. The molecule has 1 aromatic rings. The van der Waals surface area contributed by atoms with Gasteiger partial charge in [-0.05, 0) is 18.7 Å². The molecule has 1 heterocycles. The average Bonchev–Trinajstić information content (AvgIpc) is 2.14. The van der Waals surface area contributed by atoms with Crippen molar-refractivity contribution in [2.75, 3.05) is 18.8 Å². The van der Waals surface area contributed by atoms with Crippen LogP contribution < -0.4 is 5.32 Å². The summed E-state index contributed by atoms with van der Waals surface area (Å²) in [5.74, 6) is 1.12. The van der Waals surface area contributed by atoms with Crippen molar-refractivity contribution in [2.24, 2.45) is 0 Å². The minimum atomic E-state index is 1.05. The van der Waals surface area contributed by atoms with E-state index in [4.69, 9.17) is 0 Å². The van der Waals surface area contributed by atoms with E-state index < -0.39 is 0 Å². The molecule has 0 saturated heterocycles. The van der Waals surface area contributed by atoms with E-state index in [0.29, 0.717) is 0 Å². The summed E-state index contributed by atoms with van der Waals surface area (Å²) in [7, 11) is 0. The first-order chi connectivity index (χ1) is 5.93. The molecule has 12 heavy (non-hydrogen) atoms. The Labute approximate surface area is 77.8 Å². The third-order valence-electron chi connectivity index (χ3n) is 1.45. The first-order valence-corrected chi connectivity index (χ1v) is 5.15. The van der Waals surface area contributed by atoms with Crippen LogP contribution in [0.25, 0.3) is 0 Å². The molecule has 0 radical (unpaired) electrons. The maximum absolute atomic E-state index is 3.96. The number of rotatable bonds is 5. The third-order valence-corrected chi connectivity index (χ3v) is 2.46. The summed E-state index contributed by atoms with van der Waals surface area (Å²) in [4.78, 5) is 5.26. The Hall–Kier alpha value is -0.540. The minimum absolute atomic E-state index is 1.05. The number of hydrogen-bond donors (Lipinski definition) is 1. The highest BCUT2D eigenvalue weighted by Crippen LogP contribution is 2.14. The zero-order valence-corrected chi connectivity index (χ0v) is 8.10. The van der Waals surface area contributed by atoms with E-state index in [1.807, 2.05) is 36.3 Å². The Kier molecular flexibility index (Phi) is 4.80. The Morgan fingerprint density at radius 2 is 2.17 bits per heavy atom. The molecule has 2 nitrogen and oxygen atoms in total. The van der Waals surface area contributed by atoms with Crippen molar-refractivity contribution < 1.29 is 0 Å². The molecule has 1 N–H and O–H groups in total. The van der Waals surface area contributed by atoms with Crippen molar-refractivity contribution >= 4 is 11.8 Å². The second kappa shape index (κ2) is 6.03. The van der Waals surface area contributed by atoms with Crippen molar-refractivity contribution in [3.05, 3.63) is 24.5 Å². The van der Waals surface area contributed by atoms with Gasteiger partial charge in [-0.3, -0.25) is 4.98 Å². The van der Waals surface area contributed by atoms with Crippen molar-refractivity contribution in [1.29, 1.82) is 0 Å². The maximum Gasteiger partial charge on any atom is 0.0278 e. The van der Waals surface area contributed by atoms with E-state index in [0.717, 1.165) is 18.8 Å².